The van der Waals surface area contributed by atoms with Gasteiger partial charge in [0.1, 0.15) is 11.6 Å². The van der Waals surface area contributed by atoms with E-state index in [1.165, 1.54) is 6.07 Å². The zero-order valence-electron chi connectivity index (χ0n) is 13.7. The van der Waals surface area contributed by atoms with E-state index in [0.717, 1.165) is 12.1 Å². The number of carbonyl (C=O) groups is 2. The molecule has 0 fully saturated rings. The third kappa shape index (κ3) is 6.34. The Morgan fingerprint density at radius 1 is 1.26 bits per heavy atom. The zero-order valence-corrected chi connectivity index (χ0v) is 13.7. The van der Waals surface area contributed by atoms with Crippen LogP contribution in [0.5, 0.6) is 0 Å². The number of carboxylic acid groups (broad SMARTS) is 1. The molecule has 1 aromatic rings. The number of rotatable bonds is 8. The molecule has 0 radical (unpaired) electrons. The lowest BCUT2D eigenvalue weighted by molar-refractivity contribution is -0.139. The topological polar surface area (TPSA) is 66.4 Å². The predicted octanol–water partition coefficient (Wildman–Crippen LogP) is 3.81. The van der Waals surface area contributed by atoms with Crippen molar-refractivity contribution >= 4 is 11.9 Å². The van der Waals surface area contributed by atoms with E-state index in [1.54, 1.807) is 13.8 Å². The molecule has 0 aliphatic rings. The largest absolute Gasteiger partial charge is 0.481 e. The molecule has 0 saturated carbocycles. The van der Waals surface area contributed by atoms with Gasteiger partial charge in [-0.05, 0) is 17.9 Å². The average molecular weight is 327 g/mol. The second-order valence-corrected chi connectivity index (χ2v) is 6.49. The standard InChI is InChI=1S/C17H23F2NO3/c1-4-5-14(12-7-6-11(18)8-13(12)19)20-15(21)9-17(2,3)10-16(22)23/h6-8,14H,4-5,9-10H2,1-3H3,(H,20,21)(H,22,23). The van der Waals surface area contributed by atoms with Crippen LogP contribution in [0.2, 0.25) is 0 Å². The van der Waals surface area contributed by atoms with Crippen LogP contribution in [-0.4, -0.2) is 17.0 Å². The molecule has 23 heavy (non-hydrogen) atoms. The maximum Gasteiger partial charge on any atom is 0.303 e. The van der Waals surface area contributed by atoms with Crippen LogP contribution < -0.4 is 5.32 Å². The molecule has 128 valence electrons. The molecule has 2 N–H and O–H groups in total. The van der Waals surface area contributed by atoms with Gasteiger partial charge in [0.05, 0.1) is 12.5 Å². The molecular formula is C17H23F2NO3. The molecular weight excluding hydrogens is 304 g/mol. The Balaban J connectivity index is 2.83. The summed E-state index contributed by atoms with van der Waals surface area (Å²) in [7, 11) is 0. The van der Waals surface area contributed by atoms with Crippen molar-refractivity contribution in [2.45, 2.75) is 52.5 Å². The minimum atomic E-state index is -0.975. The number of benzene rings is 1. The highest BCUT2D eigenvalue weighted by Crippen LogP contribution is 2.27. The SMILES string of the molecule is CCCC(NC(=O)CC(C)(C)CC(=O)O)c1ccc(F)cc1F. The van der Waals surface area contributed by atoms with Gasteiger partial charge in [-0.1, -0.05) is 33.3 Å². The molecule has 1 unspecified atom stereocenters. The second kappa shape index (κ2) is 8.04. The van der Waals surface area contributed by atoms with Crippen molar-refractivity contribution in [3.63, 3.8) is 0 Å². The van der Waals surface area contributed by atoms with Gasteiger partial charge in [0.25, 0.3) is 0 Å². The van der Waals surface area contributed by atoms with Crippen molar-refractivity contribution in [3.8, 4) is 0 Å². The Hall–Kier alpha value is -1.98. The van der Waals surface area contributed by atoms with Gasteiger partial charge in [-0.2, -0.15) is 0 Å². The molecule has 1 atom stereocenters. The molecule has 6 heteroatoms. The molecule has 0 spiro atoms. The second-order valence-electron chi connectivity index (χ2n) is 6.49. The fraction of sp³-hybridized carbons (Fsp3) is 0.529. The summed E-state index contributed by atoms with van der Waals surface area (Å²) in [4.78, 5) is 23.0. The van der Waals surface area contributed by atoms with Crippen molar-refractivity contribution in [3.05, 3.63) is 35.4 Å². The van der Waals surface area contributed by atoms with Crippen LogP contribution in [0.1, 0.15) is 58.1 Å². The van der Waals surface area contributed by atoms with Gasteiger partial charge >= 0.3 is 5.97 Å². The number of carbonyl (C=O) groups excluding carboxylic acids is 1. The summed E-state index contributed by atoms with van der Waals surface area (Å²) in [6.07, 6.45) is 1.10. The monoisotopic (exact) mass is 327 g/mol. The lowest BCUT2D eigenvalue weighted by atomic mass is 9.85. The first-order chi connectivity index (χ1) is 10.6. The van der Waals surface area contributed by atoms with E-state index >= 15 is 0 Å². The molecule has 0 saturated heterocycles. The highest BCUT2D eigenvalue weighted by molar-refractivity contribution is 5.78. The Bertz CT molecular complexity index is 573. The summed E-state index contributed by atoms with van der Waals surface area (Å²) < 4.78 is 26.9. The van der Waals surface area contributed by atoms with Gasteiger partial charge in [0.2, 0.25) is 5.91 Å². The minimum absolute atomic E-state index is 0.0162. The number of amides is 1. The lowest BCUT2D eigenvalue weighted by Crippen LogP contribution is -2.33. The molecule has 1 rings (SSSR count). The summed E-state index contributed by atoms with van der Waals surface area (Å²) >= 11 is 0. The van der Waals surface area contributed by atoms with Crippen LogP contribution >= 0.6 is 0 Å². The number of carboxylic acids is 1. The number of nitrogens with one attached hydrogen (secondary N) is 1. The molecule has 0 aliphatic heterocycles. The maximum atomic E-state index is 13.9. The minimum Gasteiger partial charge on any atom is -0.481 e. The van der Waals surface area contributed by atoms with E-state index < -0.39 is 29.1 Å². The fourth-order valence-corrected chi connectivity index (χ4v) is 2.53. The number of halogens is 2. The van der Waals surface area contributed by atoms with Gasteiger partial charge in [-0.15, -0.1) is 0 Å². The molecule has 0 aromatic heterocycles. The average Bonchev–Trinajstić information content (AvgIpc) is 2.35. The number of aliphatic carboxylic acids is 1. The number of hydrogen-bond acceptors (Lipinski definition) is 2. The highest BCUT2D eigenvalue weighted by atomic mass is 19.1. The van der Waals surface area contributed by atoms with Crippen molar-refractivity contribution in [1.82, 2.24) is 5.32 Å². The number of hydrogen-bond donors (Lipinski definition) is 2. The molecule has 0 heterocycles. The quantitative estimate of drug-likeness (QED) is 0.763. The Labute approximate surface area is 134 Å². The van der Waals surface area contributed by atoms with Crippen LogP contribution in [-0.2, 0) is 9.59 Å². The van der Waals surface area contributed by atoms with Crippen molar-refractivity contribution in [2.75, 3.05) is 0 Å². The van der Waals surface area contributed by atoms with Crippen molar-refractivity contribution in [1.29, 1.82) is 0 Å². The maximum absolute atomic E-state index is 13.9. The summed E-state index contributed by atoms with van der Waals surface area (Å²) in [5.74, 6) is -2.69. The Morgan fingerprint density at radius 3 is 2.43 bits per heavy atom. The third-order valence-electron chi connectivity index (χ3n) is 3.52. The lowest BCUT2D eigenvalue weighted by Gasteiger charge is -2.25. The molecule has 1 amide bonds. The van der Waals surface area contributed by atoms with Crippen LogP contribution in [0.3, 0.4) is 0 Å². The van der Waals surface area contributed by atoms with Gasteiger partial charge in [-0.3, -0.25) is 9.59 Å². The van der Waals surface area contributed by atoms with Crippen LogP contribution in [0.15, 0.2) is 18.2 Å². The normalized spacial score (nSPS) is 12.7. The molecule has 0 aliphatic carbocycles. The zero-order chi connectivity index (χ0) is 17.6. The third-order valence-corrected chi connectivity index (χ3v) is 3.52. The predicted molar refractivity (Wildman–Crippen MR) is 82.8 cm³/mol. The Kier molecular flexibility index (Phi) is 6.66. The van der Waals surface area contributed by atoms with E-state index in [9.17, 15) is 18.4 Å². The molecule has 1 aromatic carbocycles. The van der Waals surface area contributed by atoms with E-state index in [2.05, 4.69) is 5.32 Å². The van der Waals surface area contributed by atoms with E-state index in [-0.39, 0.29) is 24.3 Å². The van der Waals surface area contributed by atoms with E-state index in [1.807, 2.05) is 6.92 Å². The summed E-state index contributed by atoms with van der Waals surface area (Å²) in [5, 5.41) is 11.6. The van der Waals surface area contributed by atoms with Gasteiger partial charge in [-0.25, -0.2) is 8.78 Å². The summed E-state index contributed by atoms with van der Waals surface area (Å²) in [6, 6.07) is 2.71. The van der Waals surface area contributed by atoms with E-state index in [0.29, 0.717) is 12.8 Å². The first-order valence-corrected chi connectivity index (χ1v) is 7.60. The molecule has 0 bridgehead atoms. The summed E-state index contributed by atoms with van der Waals surface area (Å²) in [6.45, 7) is 5.27. The summed E-state index contributed by atoms with van der Waals surface area (Å²) in [5.41, 5.74) is -0.466. The smallest absolute Gasteiger partial charge is 0.303 e. The van der Waals surface area contributed by atoms with Gasteiger partial charge in [0.15, 0.2) is 0 Å². The fourth-order valence-electron chi connectivity index (χ4n) is 2.53. The van der Waals surface area contributed by atoms with Crippen molar-refractivity contribution in [2.24, 2.45) is 5.41 Å². The van der Waals surface area contributed by atoms with E-state index in [4.69, 9.17) is 5.11 Å². The van der Waals surface area contributed by atoms with Crippen molar-refractivity contribution < 1.29 is 23.5 Å². The first-order valence-electron chi connectivity index (χ1n) is 7.60. The highest BCUT2D eigenvalue weighted by Gasteiger charge is 2.27. The van der Waals surface area contributed by atoms with Crippen LogP contribution in [0, 0.1) is 17.0 Å². The van der Waals surface area contributed by atoms with Crippen LogP contribution in [0.25, 0.3) is 0 Å². The Morgan fingerprint density at radius 2 is 1.91 bits per heavy atom. The van der Waals surface area contributed by atoms with Crippen LogP contribution in [0.4, 0.5) is 8.78 Å². The van der Waals surface area contributed by atoms with Gasteiger partial charge in [0, 0.05) is 18.1 Å². The van der Waals surface area contributed by atoms with Gasteiger partial charge < -0.3 is 10.4 Å². The molecule has 4 nitrogen and oxygen atoms in total. The first kappa shape index (κ1) is 19.1.